The van der Waals surface area contributed by atoms with Crippen LogP contribution in [-0.2, 0) is 20.1 Å². The van der Waals surface area contributed by atoms with Crippen LogP contribution in [0, 0.1) is 28.7 Å². The molecule has 1 radical (unpaired) electrons. The summed E-state index contributed by atoms with van der Waals surface area (Å²) in [6, 6.07) is 19.9. The molecule has 2 N–H and O–H groups in total. The second-order valence-corrected chi connectivity index (χ2v) is 12.0. The molecule has 1 aromatic heterocycles. The molecule has 0 saturated heterocycles. The summed E-state index contributed by atoms with van der Waals surface area (Å²) in [7, 11) is 0. The van der Waals surface area contributed by atoms with E-state index in [0.717, 1.165) is 30.5 Å². The van der Waals surface area contributed by atoms with Crippen LogP contribution in [0.5, 0.6) is 0 Å². The van der Waals surface area contributed by atoms with Crippen LogP contribution in [0.1, 0.15) is 72.3 Å². The first-order valence-corrected chi connectivity index (χ1v) is 12.7. The summed E-state index contributed by atoms with van der Waals surface area (Å²) in [6.07, 6.45) is 4.51. The second-order valence-electron chi connectivity index (χ2n) is 12.0. The molecule has 0 amide bonds. The molecule has 1 heterocycles. The van der Waals surface area contributed by atoms with Gasteiger partial charge in [-0.1, -0.05) is 59.7 Å². The molecule has 0 spiro atoms. The molecule has 0 aliphatic heterocycles. The Kier molecular flexibility index (Phi) is 8.64. The summed E-state index contributed by atoms with van der Waals surface area (Å²) in [6.45, 7) is 12.9. The van der Waals surface area contributed by atoms with Gasteiger partial charge in [0.05, 0.1) is 12.2 Å². The van der Waals surface area contributed by atoms with E-state index in [1.165, 1.54) is 16.3 Å². The maximum absolute atomic E-state index is 10.3. The molecule has 2 aliphatic carbocycles. The van der Waals surface area contributed by atoms with Crippen molar-refractivity contribution in [3.63, 3.8) is 0 Å². The van der Waals surface area contributed by atoms with Crippen LogP contribution in [0.3, 0.4) is 0 Å². The minimum Gasteiger partial charge on any atom is -0.392 e. The Balaban J connectivity index is 0.000000195. The summed E-state index contributed by atoms with van der Waals surface area (Å²) in [5, 5.41) is 23.1. The third-order valence-corrected chi connectivity index (χ3v) is 8.24. The van der Waals surface area contributed by atoms with Crippen LogP contribution >= 0.6 is 0 Å². The summed E-state index contributed by atoms with van der Waals surface area (Å²) in [4.78, 5) is 4.52. The fourth-order valence-electron chi connectivity index (χ4n) is 5.97. The molecule has 2 aliphatic rings. The van der Waals surface area contributed by atoms with Crippen molar-refractivity contribution in [3.8, 4) is 11.3 Å². The van der Waals surface area contributed by atoms with E-state index in [1.807, 2.05) is 24.4 Å². The second kappa shape index (κ2) is 10.8. The van der Waals surface area contributed by atoms with E-state index in [1.54, 1.807) is 0 Å². The Hall–Kier alpha value is -1.58. The molecule has 3 aromatic rings. The normalized spacial score (nSPS) is 26.4. The summed E-state index contributed by atoms with van der Waals surface area (Å²) in [5.41, 5.74) is 3.37. The summed E-state index contributed by atoms with van der Waals surface area (Å²) >= 11 is 0. The Morgan fingerprint density at radius 2 is 1.69 bits per heavy atom. The van der Waals surface area contributed by atoms with Crippen molar-refractivity contribution in [1.29, 1.82) is 0 Å². The van der Waals surface area contributed by atoms with E-state index in [2.05, 4.69) is 82.9 Å². The summed E-state index contributed by atoms with van der Waals surface area (Å²) < 4.78 is 0. The van der Waals surface area contributed by atoms with Crippen molar-refractivity contribution in [2.75, 3.05) is 0 Å². The van der Waals surface area contributed by atoms with Crippen LogP contribution < -0.4 is 0 Å². The van der Waals surface area contributed by atoms with Crippen molar-refractivity contribution in [3.05, 3.63) is 66.4 Å². The van der Waals surface area contributed by atoms with Gasteiger partial charge in [-0.3, -0.25) is 0 Å². The molecule has 4 atom stereocenters. The van der Waals surface area contributed by atoms with Gasteiger partial charge in [0.2, 0.25) is 0 Å². The zero-order valence-corrected chi connectivity index (χ0v) is 24.3. The first-order valence-electron chi connectivity index (χ1n) is 12.7. The monoisotopic (exact) mass is 651 g/mol. The Morgan fingerprint density at radius 1 is 0.971 bits per heavy atom. The Labute approximate surface area is 224 Å². The predicted molar refractivity (Wildman–Crippen MR) is 141 cm³/mol. The number of aromatic nitrogens is 1. The van der Waals surface area contributed by atoms with E-state index in [9.17, 15) is 10.2 Å². The molecular weight excluding hydrogens is 611 g/mol. The number of hydrogen-bond acceptors (Lipinski definition) is 3. The number of hydrogen-bond donors (Lipinski definition) is 2. The van der Waals surface area contributed by atoms with E-state index >= 15 is 0 Å². The number of pyridine rings is 1. The zero-order valence-electron chi connectivity index (χ0n) is 21.9. The molecule has 0 bridgehead atoms. The van der Waals surface area contributed by atoms with Crippen molar-refractivity contribution in [2.45, 2.75) is 78.9 Å². The van der Waals surface area contributed by atoms with Gasteiger partial charge in [0.15, 0.2) is 0 Å². The largest absolute Gasteiger partial charge is 0.392 e. The minimum atomic E-state index is -0.340. The van der Waals surface area contributed by atoms with Gasteiger partial charge in [0, 0.05) is 32.2 Å². The van der Waals surface area contributed by atoms with Crippen LogP contribution in [-0.4, -0.2) is 27.4 Å². The average Bonchev–Trinajstić information content (AvgIpc) is 3.05. The minimum absolute atomic E-state index is 0. The van der Waals surface area contributed by atoms with Crippen molar-refractivity contribution in [1.82, 2.24) is 4.98 Å². The quantitative estimate of drug-likeness (QED) is 0.294. The first kappa shape index (κ1) is 28.0. The Morgan fingerprint density at radius 3 is 2.34 bits per heavy atom. The fourth-order valence-corrected chi connectivity index (χ4v) is 5.97. The van der Waals surface area contributed by atoms with Gasteiger partial charge in [-0.2, -0.15) is 0 Å². The van der Waals surface area contributed by atoms with Crippen LogP contribution in [0.15, 0.2) is 54.7 Å². The number of aliphatic hydroxyl groups excluding tert-OH is 2. The number of aliphatic hydroxyl groups is 2. The van der Waals surface area contributed by atoms with E-state index < -0.39 is 0 Å². The third kappa shape index (κ3) is 5.72. The van der Waals surface area contributed by atoms with E-state index in [0.29, 0.717) is 11.8 Å². The van der Waals surface area contributed by atoms with Gasteiger partial charge in [0.25, 0.3) is 0 Å². The molecule has 3 nitrogen and oxygen atoms in total. The number of fused-ring (bicyclic) bond motifs is 2. The number of nitrogens with zero attached hydrogens (tertiary/aromatic N) is 1. The Bertz CT molecular complexity index is 1120. The topological polar surface area (TPSA) is 53.4 Å². The maximum atomic E-state index is 10.3. The van der Waals surface area contributed by atoms with Crippen LogP contribution in [0.2, 0.25) is 0 Å². The molecule has 5 rings (SSSR count). The maximum Gasteiger partial charge on any atom is 0.0646 e. The van der Waals surface area contributed by atoms with Crippen molar-refractivity contribution < 1.29 is 30.3 Å². The van der Waals surface area contributed by atoms with Crippen molar-refractivity contribution >= 4 is 10.8 Å². The van der Waals surface area contributed by atoms with Gasteiger partial charge in [0.1, 0.15) is 0 Å². The number of benzene rings is 2. The van der Waals surface area contributed by atoms with Crippen LogP contribution in [0.4, 0.5) is 0 Å². The SMILES string of the molecule is CC(C)c1ccc2c(-c3[c-]cccc3)nccc2c1.CC1(C)CCC2CC(C)(C)C(O)C2C1O.[Ir]. The summed E-state index contributed by atoms with van der Waals surface area (Å²) in [5.74, 6) is 1.17. The molecule has 4 unspecified atom stereocenters. The van der Waals surface area contributed by atoms with Gasteiger partial charge in [-0.05, 0) is 70.0 Å². The molecular formula is C31H40IrNO2-. The van der Waals surface area contributed by atoms with E-state index in [4.69, 9.17) is 0 Å². The zero-order chi connectivity index (χ0) is 24.7. The van der Waals surface area contributed by atoms with Gasteiger partial charge >= 0.3 is 0 Å². The van der Waals surface area contributed by atoms with Gasteiger partial charge < -0.3 is 15.2 Å². The van der Waals surface area contributed by atoms with Gasteiger partial charge in [-0.15, -0.1) is 35.9 Å². The molecule has 2 aromatic carbocycles. The third-order valence-electron chi connectivity index (χ3n) is 8.24. The first-order chi connectivity index (χ1) is 16.0. The molecule has 191 valence electrons. The van der Waals surface area contributed by atoms with E-state index in [-0.39, 0.29) is 49.1 Å². The molecule has 2 fully saturated rings. The predicted octanol–water partition coefficient (Wildman–Crippen LogP) is 7.01. The van der Waals surface area contributed by atoms with Crippen molar-refractivity contribution in [2.24, 2.45) is 22.7 Å². The molecule has 4 heteroatoms. The average molecular weight is 651 g/mol. The fraction of sp³-hybridized carbons (Fsp3) is 0.516. The van der Waals surface area contributed by atoms with Crippen LogP contribution in [0.25, 0.3) is 22.0 Å². The van der Waals surface area contributed by atoms with Gasteiger partial charge in [-0.25, -0.2) is 0 Å². The number of rotatable bonds is 2. The standard InChI is InChI=1S/C18H16N.C13H24O2.Ir/c1-13(2)15-8-9-17-16(12-15)10-11-19-18(17)14-6-4-3-5-7-14;1-12(2)6-5-8-7-13(3,4)11(15)9(8)10(12)14;/h3-6,8-13H,1-2H3;8-11,14-15H,5-7H2,1-4H3;/q-1;;. The smallest absolute Gasteiger partial charge is 0.0646 e. The molecule has 2 saturated carbocycles. The molecule has 35 heavy (non-hydrogen) atoms.